The van der Waals surface area contributed by atoms with Gasteiger partial charge in [0.2, 0.25) is 0 Å². The average molecular weight is 257 g/mol. The van der Waals surface area contributed by atoms with Crippen molar-refractivity contribution in [1.82, 2.24) is 0 Å². The molecule has 0 spiro atoms. The van der Waals surface area contributed by atoms with Crippen molar-refractivity contribution in [3.8, 4) is 0 Å². The first kappa shape index (κ1) is 16.9. The van der Waals surface area contributed by atoms with E-state index in [1.165, 1.54) is 38.5 Å². The highest BCUT2D eigenvalue weighted by Gasteiger charge is 2.38. The van der Waals surface area contributed by atoms with Crippen LogP contribution in [0.4, 0.5) is 0 Å². The second-order valence-corrected chi connectivity index (χ2v) is 11.6. The Bertz CT molecular complexity index is 207. The molecule has 0 saturated carbocycles. The summed E-state index contributed by atoms with van der Waals surface area (Å²) in [4.78, 5) is 0. The Morgan fingerprint density at radius 2 is 1.47 bits per heavy atom. The Hall–Kier alpha value is -0.0831. The first-order valence-corrected chi connectivity index (χ1v) is 10.7. The van der Waals surface area contributed by atoms with Gasteiger partial charge in [0.15, 0.2) is 0 Å². The summed E-state index contributed by atoms with van der Waals surface area (Å²) in [5.41, 5.74) is 0. The summed E-state index contributed by atoms with van der Waals surface area (Å²) in [6.45, 7) is 12.7. The van der Waals surface area contributed by atoms with E-state index in [-0.39, 0.29) is 0 Å². The van der Waals surface area contributed by atoms with Crippen LogP contribution in [0.3, 0.4) is 0 Å². The van der Waals surface area contributed by atoms with E-state index in [0.717, 1.165) is 12.8 Å². The lowest BCUT2D eigenvalue weighted by atomic mass is 10.1. The van der Waals surface area contributed by atoms with Crippen molar-refractivity contribution < 1.29 is 5.11 Å². The molecule has 0 amide bonds. The minimum Gasteiger partial charge on any atom is -0.389 e. The smallest absolute Gasteiger partial charge is 0.0869 e. The molecule has 0 rings (SSSR count). The maximum atomic E-state index is 10.5. The third-order valence-corrected chi connectivity index (χ3v) is 6.85. The van der Waals surface area contributed by atoms with Crippen LogP contribution in [-0.2, 0) is 0 Å². The Morgan fingerprint density at radius 1 is 1.00 bits per heavy atom. The summed E-state index contributed by atoms with van der Waals surface area (Å²) in [5.74, 6) is 0. The van der Waals surface area contributed by atoms with Gasteiger partial charge in [0.1, 0.15) is 0 Å². The lowest BCUT2D eigenvalue weighted by Crippen LogP contribution is -2.50. The fraction of sp³-hybridized carbons (Fsp3) is 0.867. The third kappa shape index (κ3) is 6.42. The quantitative estimate of drug-likeness (QED) is 0.334. The van der Waals surface area contributed by atoms with E-state index >= 15 is 0 Å². The van der Waals surface area contributed by atoms with Crippen molar-refractivity contribution in [2.45, 2.75) is 83.2 Å². The molecule has 0 saturated heterocycles. The van der Waals surface area contributed by atoms with Crippen LogP contribution in [0.2, 0.25) is 19.6 Å². The van der Waals surface area contributed by atoms with E-state index in [0.29, 0.717) is 0 Å². The normalized spacial score (nSPS) is 15.6. The molecule has 0 aromatic rings. The zero-order chi connectivity index (χ0) is 13.4. The van der Waals surface area contributed by atoms with E-state index < -0.39 is 13.3 Å². The fourth-order valence-corrected chi connectivity index (χ4v) is 3.67. The van der Waals surface area contributed by atoms with Crippen LogP contribution in [0.25, 0.3) is 0 Å². The largest absolute Gasteiger partial charge is 0.389 e. The highest BCUT2D eigenvalue weighted by atomic mass is 28.3. The Kier molecular flexibility index (Phi) is 8.06. The van der Waals surface area contributed by atoms with Crippen molar-refractivity contribution >= 4 is 8.07 Å². The molecule has 0 aromatic carbocycles. The van der Waals surface area contributed by atoms with Crippen LogP contribution in [0.15, 0.2) is 12.7 Å². The highest BCUT2D eigenvalue weighted by molar-refractivity contribution is 6.79. The summed E-state index contributed by atoms with van der Waals surface area (Å²) in [6.07, 6.45) is 11.8. The summed E-state index contributed by atoms with van der Waals surface area (Å²) < 4.78 is 0. The third-order valence-electron chi connectivity index (χ3n) is 3.80. The number of unbranched alkanes of at least 4 members (excludes halogenated alkanes) is 6. The Morgan fingerprint density at radius 3 is 1.88 bits per heavy atom. The lowest BCUT2D eigenvalue weighted by molar-refractivity contribution is 0.152. The summed E-state index contributed by atoms with van der Waals surface area (Å²) in [6, 6.07) is 0. The molecule has 0 radical (unpaired) electrons. The molecule has 0 aliphatic heterocycles. The molecule has 0 heterocycles. The summed E-state index contributed by atoms with van der Waals surface area (Å²) in [7, 11) is -1.55. The van der Waals surface area contributed by atoms with Gasteiger partial charge in [-0.05, 0) is 6.42 Å². The fourth-order valence-electron chi connectivity index (χ4n) is 2.13. The van der Waals surface area contributed by atoms with Crippen LogP contribution >= 0.6 is 0 Å². The molecular weight excluding hydrogens is 224 g/mol. The van der Waals surface area contributed by atoms with Gasteiger partial charge in [-0.15, -0.1) is 6.58 Å². The SMILES string of the molecule is C=CC(O)(CCCCCCCCC)[Si](C)(C)C. The van der Waals surface area contributed by atoms with Gasteiger partial charge in [-0.25, -0.2) is 0 Å². The van der Waals surface area contributed by atoms with Crippen LogP contribution in [0.5, 0.6) is 0 Å². The number of aliphatic hydroxyl groups is 1. The van der Waals surface area contributed by atoms with Crippen molar-refractivity contribution in [3.05, 3.63) is 12.7 Å². The predicted molar refractivity (Wildman–Crippen MR) is 81.1 cm³/mol. The van der Waals surface area contributed by atoms with E-state index in [4.69, 9.17) is 0 Å². The zero-order valence-electron chi connectivity index (χ0n) is 12.4. The molecule has 102 valence electrons. The van der Waals surface area contributed by atoms with Crippen molar-refractivity contribution in [1.29, 1.82) is 0 Å². The van der Waals surface area contributed by atoms with Crippen LogP contribution < -0.4 is 0 Å². The van der Waals surface area contributed by atoms with E-state index in [9.17, 15) is 5.11 Å². The minimum absolute atomic E-state index is 0.573. The molecule has 0 fully saturated rings. The van der Waals surface area contributed by atoms with E-state index in [1.54, 1.807) is 6.08 Å². The maximum absolute atomic E-state index is 10.5. The van der Waals surface area contributed by atoms with Gasteiger partial charge < -0.3 is 5.11 Å². The van der Waals surface area contributed by atoms with E-state index in [1.807, 2.05) is 0 Å². The van der Waals surface area contributed by atoms with E-state index in [2.05, 4.69) is 33.1 Å². The topological polar surface area (TPSA) is 20.2 Å². The second-order valence-electron chi connectivity index (χ2n) is 6.25. The van der Waals surface area contributed by atoms with Gasteiger partial charge in [-0.2, -0.15) is 0 Å². The molecule has 0 aliphatic carbocycles. The number of rotatable bonds is 10. The van der Waals surface area contributed by atoms with Gasteiger partial charge in [0.05, 0.1) is 13.3 Å². The number of hydrogen-bond acceptors (Lipinski definition) is 1. The first-order chi connectivity index (χ1) is 7.87. The predicted octanol–water partition coefficient (Wildman–Crippen LogP) is 4.92. The molecule has 1 N–H and O–H groups in total. The Labute approximate surface area is 109 Å². The van der Waals surface area contributed by atoms with Crippen molar-refractivity contribution in [2.24, 2.45) is 0 Å². The molecule has 17 heavy (non-hydrogen) atoms. The highest BCUT2D eigenvalue weighted by Crippen LogP contribution is 2.28. The first-order valence-electron chi connectivity index (χ1n) is 7.23. The summed E-state index contributed by atoms with van der Waals surface area (Å²) >= 11 is 0. The van der Waals surface area contributed by atoms with Gasteiger partial charge in [0, 0.05) is 0 Å². The second kappa shape index (κ2) is 8.10. The average Bonchev–Trinajstić information content (AvgIpc) is 2.26. The molecule has 0 aromatic heterocycles. The molecule has 2 heteroatoms. The molecule has 0 aliphatic rings. The molecule has 1 nitrogen and oxygen atoms in total. The number of hydrogen-bond donors (Lipinski definition) is 1. The van der Waals surface area contributed by atoms with Gasteiger partial charge in [-0.1, -0.05) is 77.6 Å². The molecule has 1 unspecified atom stereocenters. The monoisotopic (exact) mass is 256 g/mol. The van der Waals surface area contributed by atoms with Gasteiger partial charge in [-0.3, -0.25) is 0 Å². The summed E-state index contributed by atoms with van der Waals surface area (Å²) in [5, 5.41) is 9.97. The van der Waals surface area contributed by atoms with Crippen LogP contribution in [0, 0.1) is 0 Å². The van der Waals surface area contributed by atoms with Crippen LogP contribution in [-0.4, -0.2) is 18.4 Å². The van der Waals surface area contributed by atoms with Crippen molar-refractivity contribution in [2.75, 3.05) is 0 Å². The maximum Gasteiger partial charge on any atom is 0.0869 e. The lowest BCUT2D eigenvalue weighted by Gasteiger charge is -2.36. The van der Waals surface area contributed by atoms with Crippen molar-refractivity contribution in [3.63, 3.8) is 0 Å². The standard InChI is InChI=1S/C15H32OSi/c1-6-8-9-10-11-12-13-14-15(16,7-2)17(3,4)5/h7,16H,2,6,8-14H2,1,3-5H3. The Balaban J connectivity index is 3.75. The molecular formula is C15H32OSi. The van der Waals surface area contributed by atoms with Gasteiger partial charge in [0.25, 0.3) is 0 Å². The molecule has 1 atom stereocenters. The molecule has 0 bridgehead atoms. The minimum atomic E-state index is -1.55. The van der Waals surface area contributed by atoms with Gasteiger partial charge >= 0.3 is 0 Å². The zero-order valence-corrected chi connectivity index (χ0v) is 13.4. The van der Waals surface area contributed by atoms with Crippen LogP contribution in [0.1, 0.15) is 58.3 Å².